The van der Waals surface area contributed by atoms with Gasteiger partial charge in [-0.15, -0.1) is 10.2 Å². The van der Waals surface area contributed by atoms with E-state index in [0.717, 1.165) is 12.8 Å². The molecule has 0 aromatic carbocycles. The van der Waals surface area contributed by atoms with Crippen LogP contribution in [-0.4, -0.2) is 28.7 Å². The molecule has 1 aliphatic carbocycles. The summed E-state index contributed by atoms with van der Waals surface area (Å²) in [6.07, 6.45) is 2.23. The molecule has 2 N–H and O–H groups in total. The van der Waals surface area contributed by atoms with Gasteiger partial charge < -0.3 is 10.6 Å². The van der Waals surface area contributed by atoms with E-state index in [1.807, 2.05) is 0 Å². The Morgan fingerprint density at radius 2 is 2.54 bits per heavy atom. The molecule has 1 amide bonds. The summed E-state index contributed by atoms with van der Waals surface area (Å²) in [4.78, 5) is 11.2. The van der Waals surface area contributed by atoms with Gasteiger partial charge in [0.1, 0.15) is 5.51 Å². The fourth-order valence-electron chi connectivity index (χ4n) is 0.912. The smallest absolute Gasteiger partial charge is 0.239 e. The molecular weight excluding hydrogens is 188 g/mol. The standard InChI is InChI=1S/C7H10N4OS/c12-6(10-5-1-2-5)3-8-7-11-9-4-13-7/h4-5H,1-3H2,(H,8,11)(H,10,12). The zero-order chi connectivity index (χ0) is 9.10. The number of carbonyl (C=O) groups excluding carboxylic acids is 1. The summed E-state index contributed by atoms with van der Waals surface area (Å²) >= 11 is 1.39. The summed E-state index contributed by atoms with van der Waals surface area (Å²) < 4.78 is 0. The first-order valence-corrected chi connectivity index (χ1v) is 5.02. The van der Waals surface area contributed by atoms with Crippen molar-refractivity contribution >= 4 is 22.4 Å². The second kappa shape index (κ2) is 3.69. The van der Waals surface area contributed by atoms with E-state index in [9.17, 15) is 4.79 Å². The zero-order valence-corrected chi connectivity index (χ0v) is 7.80. The van der Waals surface area contributed by atoms with Crippen LogP contribution in [0.25, 0.3) is 0 Å². The van der Waals surface area contributed by atoms with E-state index in [-0.39, 0.29) is 12.5 Å². The average molecular weight is 198 g/mol. The van der Waals surface area contributed by atoms with Crippen LogP contribution in [0.5, 0.6) is 0 Å². The maximum atomic E-state index is 11.2. The molecule has 1 fully saturated rings. The fraction of sp³-hybridized carbons (Fsp3) is 0.571. The molecule has 2 rings (SSSR count). The Bertz CT molecular complexity index is 283. The summed E-state index contributed by atoms with van der Waals surface area (Å²) in [5, 5.41) is 13.9. The van der Waals surface area contributed by atoms with Gasteiger partial charge in [-0.25, -0.2) is 0 Å². The van der Waals surface area contributed by atoms with E-state index in [2.05, 4.69) is 20.8 Å². The highest BCUT2D eigenvalue weighted by Crippen LogP contribution is 2.18. The maximum Gasteiger partial charge on any atom is 0.239 e. The number of hydrogen-bond acceptors (Lipinski definition) is 5. The van der Waals surface area contributed by atoms with Crippen molar-refractivity contribution in [2.45, 2.75) is 18.9 Å². The number of rotatable bonds is 4. The van der Waals surface area contributed by atoms with Crippen LogP contribution in [0, 0.1) is 0 Å². The Balaban J connectivity index is 1.69. The molecule has 5 nitrogen and oxygen atoms in total. The van der Waals surface area contributed by atoms with E-state index < -0.39 is 0 Å². The van der Waals surface area contributed by atoms with Gasteiger partial charge in [0.15, 0.2) is 0 Å². The van der Waals surface area contributed by atoms with Gasteiger partial charge in [0.2, 0.25) is 11.0 Å². The van der Waals surface area contributed by atoms with Crippen molar-refractivity contribution in [1.82, 2.24) is 15.5 Å². The lowest BCUT2D eigenvalue weighted by Crippen LogP contribution is -2.31. The van der Waals surface area contributed by atoms with Gasteiger partial charge in [-0.2, -0.15) is 0 Å². The van der Waals surface area contributed by atoms with Crippen LogP contribution in [0.4, 0.5) is 5.13 Å². The van der Waals surface area contributed by atoms with Crippen molar-refractivity contribution in [1.29, 1.82) is 0 Å². The number of anilines is 1. The summed E-state index contributed by atoms with van der Waals surface area (Å²) in [5.41, 5.74) is 1.63. The van der Waals surface area contributed by atoms with Crippen molar-refractivity contribution in [2.24, 2.45) is 0 Å². The summed E-state index contributed by atoms with van der Waals surface area (Å²) in [6.45, 7) is 0.283. The first kappa shape index (κ1) is 8.43. The van der Waals surface area contributed by atoms with Crippen LogP contribution in [0.15, 0.2) is 5.51 Å². The van der Waals surface area contributed by atoms with Crippen LogP contribution in [0.3, 0.4) is 0 Å². The summed E-state index contributed by atoms with van der Waals surface area (Å²) in [7, 11) is 0. The monoisotopic (exact) mass is 198 g/mol. The van der Waals surface area contributed by atoms with E-state index in [1.165, 1.54) is 11.3 Å². The van der Waals surface area contributed by atoms with E-state index >= 15 is 0 Å². The lowest BCUT2D eigenvalue weighted by atomic mass is 10.5. The summed E-state index contributed by atoms with van der Waals surface area (Å²) in [5.74, 6) is 0.0256. The number of amides is 1. The minimum absolute atomic E-state index is 0.0256. The van der Waals surface area contributed by atoms with Gasteiger partial charge in [-0.1, -0.05) is 11.3 Å². The second-order valence-corrected chi connectivity index (χ2v) is 3.77. The molecule has 1 saturated carbocycles. The van der Waals surface area contributed by atoms with E-state index in [4.69, 9.17) is 0 Å². The fourth-order valence-corrected chi connectivity index (χ4v) is 1.36. The molecule has 1 aromatic rings. The Morgan fingerprint density at radius 3 is 3.15 bits per heavy atom. The van der Waals surface area contributed by atoms with Gasteiger partial charge >= 0.3 is 0 Å². The topological polar surface area (TPSA) is 66.9 Å². The first-order chi connectivity index (χ1) is 6.34. The lowest BCUT2D eigenvalue weighted by molar-refractivity contribution is -0.119. The number of hydrogen-bond donors (Lipinski definition) is 2. The SMILES string of the molecule is O=C(CNc1nncs1)NC1CC1. The van der Waals surface area contributed by atoms with Gasteiger partial charge in [-0.3, -0.25) is 4.79 Å². The Labute approximate surface area is 79.6 Å². The third kappa shape index (κ3) is 2.66. The molecule has 0 radical (unpaired) electrons. The Hall–Kier alpha value is -1.17. The van der Waals surface area contributed by atoms with Crippen LogP contribution in [-0.2, 0) is 4.79 Å². The predicted molar refractivity (Wildman–Crippen MR) is 49.6 cm³/mol. The van der Waals surface area contributed by atoms with Crippen molar-refractivity contribution in [3.8, 4) is 0 Å². The largest absolute Gasteiger partial charge is 0.352 e. The number of nitrogens with zero attached hydrogens (tertiary/aromatic N) is 2. The van der Waals surface area contributed by atoms with Gasteiger partial charge in [0.05, 0.1) is 6.54 Å². The molecule has 0 saturated heterocycles. The van der Waals surface area contributed by atoms with E-state index in [1.54, 1.807) is 5.51 Å². The average Bonchev–Trinajstić information content (AvgIpc) is 2.78. The van der Waals surface area contributed by atoms with Crippen LogP contribution in [0.1, 0.15) is 12.8 Å². The van der Waals surface area contributed by atoms with Crippen LogP contribution >= 0.6 is 11.3 Å². The second-order valence-electron chi connectivity index (χ2n) is 2.94. The molecule has 0 bridgehead atoms. The quantitative estimate of drug-likeness (QED) is 0.726. The minimum Gasteiger partial charge on any atom is -0.352 e. The highest BCUT2D eigenvalue weighted by Gasteiger charge is 2.22. The van der Waals surface area contributed by atoms with Crippen molar-refractivity contribution in [2.75, 3.05) is 11.9 Å². The highest BCUT2D eigenvalue weighted by molar-refractivity contribution is 7.13. The van der Waals surface area contributed by atoms with Crippen LogP contribution in [0.2, 0.25) is 0 Å². The molecule has 0 atom stereocenters. The zero-order valence-electron chi connectivity index (χ0n) is 6.99. The third-order valence-electron chi connectivity index (χ3n) is 1.70. The maximum absolute atomic E-state index is 11.2. The van der Waals surface area contributed by atoms with E-state index in [0.29, 0.717) is 11.2 Å². The molecule has 0 spiro atoms. The number of carbonyl (C=O) groups is 1. The summed E-state index contributed by atoms with van der Waals surface area (Å²) in [6, 6.07) is 0.420. The molecule has 0 aliphatic heterocycles. The molecule has 1 aliphatic rings. The van der Waals surface area contributed by atoms with Gasteiger partial charge in [0.25, 0.3) is 0 Å². The predicted octanol–water partition coefficient (Wildman–Crippen LogP) is 0.229. The Morgan fingerprint density at radius 1 is 1.69 bits per heavy atom. The molecule has 0 unspecified atom stereocenters. The van der Waals surface area contributed by atoms with Gasteiger partial charge in [0, 0.05) is 6.04 Å². The van der Waals surface area contributed by atoms with Crippen LogP contribution < -0.4 is 10.6 Å². The first-order valence-electron chi connectivity index (χ1n) is 4.14. The third-order valence-corrected chi connectivity index (χ3v) is 2.35. The number of aromatic nitrogens is 2. The Kier molecular flexibility index (Phi) is 2.40. The molecule has 70 valence electrons. The molecule has 6 heteroatoms. The van der Waals surface area contributed by atoms with Gasteiger partial charge in [-0.05, 0) is 12.8 Å². The van der Waals surface area contributed by atoms with Crippen molar-refractivity contribution in [3.63, 3.8) is 0 Å². The minimum atomic E-state index is 0.0256. The highest BCUT2D eigenvalue weighted by atomic mass is 32.1. The normalized spacial score (nSPS) is 15.4. The van der Waals surface area contributed by atoms with Crippen molar-refractivity contribution < 1.29 is 4.79 Å². The lowest BCUT2D eigenvalue weighted by Gasteiger charge is -2.02. The van der Waals surface area contributed by atoms with Crippen molar-refractivity contribution in [3.05, 3.63) is 5.51 Å². The molecule has 13 heavy (non-hydrogen) atoms. The molecule has 1 heterocycles. The molecule has 1 aromatic heterocycles. The number of nitrogens with one attached hydrogen (secondary N) is 2. The molecular formula is C7H10N4OS.